The van der Waals surface area contributed by atoms with Crippen LogP contribution < -0.4 is 21.6 Å². The maximum Gasteiger partial charge on any atom is 0.341 e. The summed E-state index contributed by atoms with van der Waals surface area (Å²) in [5.41, 5.74) is 18.1. The molecule has 0 saturated carbocycles. The van der Waals surface area contributed by atoms with E-state index in [-0.39, 0.29) is 28.3 Å². The van der Waals surface area contributed by atoms with Gasteiger partial charge in [-0.1, -0.05) is 28.0 Å². The molecule has 9 heterocycles. The number of allylic oxidation sites excluding steroid dienone is 1. The summed E-state index contributed by atoms with van der Waals surface area (Å²) in [6.45, 7) is 4.99. The van der Waals surface area contributed by atoms with Crippen LogP contribution in [0.25, 0.3) is 22.2 Å². The number of epoxide rings is 1. The molecule has 4 aromatic rings. The van der Waals surface area contributed by atoms with Crippen molar-refractivity contribution in [3.05, 3.63) is 92.2 Å². The Morgan fingerprint density at radius 3 is 2.79 bits per heavy atom. The number of aromatic nitrogens is 2. The molecule has 1 spiro atoms. The number of ether oxygens (including phenoxy) is 3. The second kappa shape index (κ2) is 14.1. The van der Waals surface area contributed by atoms with Gasteiger partial charge in [0.15, 0.2) is 11.0 Å². The van der Waals surface area contributed by atoms with Crippen LogP contribution in [0.2, 0.25) is 0 Å². The molecule has 0 unspecified atom stereocenters. The van der Waals surface area contributed by atoms with E-state index in [1.807, 2.05) is 25.3 Å². The van der Waals surface area contributed by atoms with Crippen LogP contribution in [0.15, 0.2) is 68.1 Å². The minimum absolute atomic E-state index is 0.0982. The van der Waals surface area contributed by atoms with Gasteiger partial charge in [0.2, 0.25) is 0 Å². The second-order valence-electron chi connectivity index (χ2n) is 16.4. The lowest BCUT2D eigenvalue weighted by Crippen LogP contribution is -2.54. The molecule has 58 heavy (non-hydrogen) atoms. The van der Waals surface area contributed by atoms with Crippen molar-refractivity contribution in [3.8, 4) is 22.8 Å². The number of aliphatic imine (C=N–C) groups is 1. The molecule has 5 N–H and O–H groups in total. The number of pyridine rings is 2. The van der Waals surface area contributed by atoms with E-state index in [0.717, 1.165) is 53.2 Å². The summed E-state index contributed by atoms with van der Waals surface area (Å²) in [6.07, 6.45) is 9.14. The molecule has 300 valence electrons. The van der Waals surface area contributed by atoms with Crippen LogP contribution in [0.4, 0.5) is 11.6 Å². The van der Waals surface area contributed by atoms with E-state index in [4.69, 9.17) is 40.1 Å². The minimum atomic E-state index is -1.08. The molecule has 0 aliphatic carbocycles. The highest BCUT2D eigenvalue weighted by Gasteiger charge is 2.64. The van der Waals surface area contributed by atoms with E-state index < -0.39 is 29.2 Å². The van der Waals surface area contributed by atoms with Crippen molar-refractivity contribution in [2.24, 2.45) is 4.99 Å². The van der Waals surface area contributed by atoms with Crippen molar-refractivity contribution in [2.45, 2.75) is 100 Å². The van der Waals surface area contributed by atoms with Crippen LogP contribution in [-0.4, -0.2) is 67.9 Å². The predicted molar refractivity (Wildman–Crippen MR) is 225 cm³/mol. The van der Waals surface area contributed by atoms with Crippen molar-refractivity contribution < 1.29 is 28.5 Å². The number of carbonyl (C=O) groups is 1. The van der Waals surface area contributed by atoms with Gasteiger partial charge in [-0.15, -0.1) is 0 Å². The lowest BCUT2D eigenvalue weighted by molar-refractivity contribution is -0.172. The zero-order chi connectivity index (χ0) is 39.9. The van der Waals surface area contributed by atoms with Crippen molar-refractivity contribution in [1.82, 2.24) is 14.9 Å². The van der Waals surface area contributed by atoms with E-state index in [2.05, 4.69) is 28.2 Å². The van der Waals surface area contributed by atoms with Crippen molar-refractivity contribution in [1.29, 1.82) is 0 Å². The zero-order valence-corrected chi connectivity index (χ0v) is 33.9. The molecular formula is C43H44N6O7S2. The van der Waals surface area contributed by atoms with Gasteiger partial charge in [0, 0.05) is 77.2 Å². The molecule has 5 atom stereocenters. The number of carbonyl (C=O) groups excluding carboxylic acids is 1. The van der Waals surface area contributed by atoms with E-state index in [1.165, 1.54) is 11.6 Å². The van der Waals surface area contributed by atoms with Crippen LogP contribution in [0.3, 0.4) is 0 Å². The molecule has 0 amide bonds. The lowest BCUT2D eigenvalue weighted by Gasteiger charge is -2.46. The molecule has 10 rings (SSSR count). The summed E-state index contributed by atoms with van der Waals surface area (Å²) in [5.74, 6) is 1.88. The smallest absolute Gasteiger partial charge is 0.341 e. The first-order valence-electron chi connectivity index (χ1n) is 19.9. The number of hydrogen-bond acceptors (Lipinski definition) is 15. The largest absolute Gasteiger partial charge is 0.507 e. The number of phenolic OH excluding ortho intramolecular Hbond substituents is 1. The molecule has 6 aliphatic rings. The number of hydrogen-bond donors (Lipinski definition) is 3. The summed E-state index contributed by atoms with van der Waals surface area (Å²) in [4.78, 5) is 43.9. The Morgan fingerprint density at radius 1 is 1.05 bits per heavy atom. The molecule has 15 heteroatoms. The van der Waals surface area contributed by atoms with Crippen LogP contribution in [0.1, 0.15) is 79.5 Å². The fourth-order valence-corrected chi connectivity index (χ4v) is 11.8. The Labute approximate surface area is 342 Å². The number of fused-ring (bicyclic) bond motifs is 9. The van der Waals surface area contributed by atoms with Crippen LogP contribution in [0.5, 0.6) is 11.5 Å². The predicted octanol–water partition coefficient (Wildman–Crippen LogP) is 6.87. The molecule has 1 aromatic carbocycles. The monoisotopic (exact) mass is 820 g/mol. The normalized spacial score (nSPS) is 27.7. The summed E-state index contributed by atoms with van der Waals surface area (Å²) < 4.78 is 25.7. The molecule has 0 radical (unpaired) electrons. The average molecular weight is 821 g/mol. The summed E-state index contributed by atoms with van der Waals surface area (Å²) >= 11 is 0. The van der Waals surface area contributed by atoms with Crippen LogP contribution >= 0.6 is 21.6 Å². The SMILES string of the molecule is Cc1cc(=O)c2c(O)c3c(cc2o1)O[C@@]1(C)CCSSCc2c(cc(CN4C=C5N=CC=C5C4)nc2N)-c2cc(cc(N)n2)CC[C@H]2O[C@]24CCCC[C@H]3[C@H]1OC4=O. The number of benzene rings is 1. The minimum Gasteiger partial charge on any atom is -0.507 e. The van der Waals surface area contributed by atoms with Gasteiger partial charge in [0.25, 0.3) is 0 Å². The number of aryl methyl sites for hydroxylation is 2. The van der Waals surface area contributed by atoms with Gasteiger partial charge in [-0.05, 0) is 75.8 Å². The van der Waals surface area contributed by atoms with Gasteiger partial charge in [-0.2, -0.15) is 0 Å². The topological polar surface area (TPSA) is 192 Å². The Kier molecular flexibility index (Phi) is 9.06. The number of phenols is 1. The average Bonchev–Trinajstić information content (AvgIpc) is 3.45. The second-order valence-corrected chi connectivity index (χ2v) is 19.0. The van der Waals surface area contributed by atoms with Gasteiger partial charge in [0.05, 0.1) is 29.7 Å². The van der Waals surface area contributed by atoms with E-state index in [1.54, 1.807) is 34.6 Å². The summed E-state index contributed by atoms with van der Waals surface area (Å²) in [7, 11) is 3.32. The number of anilines is 2. The number of nitrogens with zero attached hydrogens (tertiary/aromatic N) is 4. The number of nitrogens with two attached hydrogens (primary N) is 2. The first kappa shape index (κ1) is 37.3. The highest BCUT2D eigenvalue weighted by atomic mass is 33.1. The Morgan fingerprint density at radius 2 is 1.93 bits per heavy atom. The first-order valence-corrected chi connectivity index (χ1v) is 22.3. The maximum atomic E-state index is 14.4. The lowest BCUT2D eigenvalue weighted by atomic mass is 9.76. The fraction of sp³-hybridized carbons (Fsp3) is 0.419. The van der Waals surface area contributed by atoms with Gasteiger partial charge < -0.3 is 40.1 Å². The molecule has 13 nitrogen and oxygen atoms in total. The molecular weight excluding hydrogens is 777 g/mol. The zero-order valence-electron chi connectivity index (χ0n) is 32.3. The van der Waals surface area contributed by atoms with Gasteiger partial charge in [-0.3, -0.25) is 9.79 Å². The third kappa shape index (κ3) is 6.42. The van der Waals surface area contributed by atoms with Crippen molar-refractivity contribution in [2.75, 3.05) is 23.8 Å². The standard InChI is InChI=1S/C43H44N6O7S2/c1-22-13-31(50)37-32(53-22)17-33-36(38(37)51)26-5-3-4-9-43-34(56-43)7-6-23-14-29(48-35(44)15-23)27-16-25(19-49-18-24-8-11-46-30(24)20-49)47-40(45)28(27)21-58-57-12-10-42(2,55-33)39(26)54-41(43)52/h8,11,13-17,20,26,34,39,51H,3-7,9-10,12,18-19,21H2,1-2H3,(H2,44,48)(H2,45,47)/t26-,34-,39-,42+,43-/m1/s1. The van der Waals surface area contributed by atoms with E-state index >= 15 is 0 Å². The molecule has 2 saturated heterocycles. The summed E-state index contributed by atoms with van der Waals surface area (Å²) in [6, 6.07) is 9.09. The number of aromatic hydroxyl groups is 1. The first-order chi connectivity index (χ1) is 28.0. The third-order valence-corrected chi connectivity index (χ3v) is 14.7. The van der Waals surface area contributed by atoms with Crippen LogP contribution in [-0.2, 0) is 33.0 Å². The maximum absolute atomic E-state index is 14.4. The molecule has 4 bridgehead atoms. The quantitative estimate of drug-likeness (QED) is 0.108. The Hall–Kier alpha value is -4.99. The van der Waals surface area contributed by atoms with Crippen molar-refractivity contribution in [3.63, 3.8) is 0 Å². The van der Waals surface area contributed by atoms with Crippen LogP contribution in [0, 0.1) is 6.92 Å². The molecule has 2 fully saturated rings. The van der Waals surface area contributed by atoms with E-state index in [9.17, 15) is 14.7 Å². The van der Waals surface area contributed by atoms with Gasteiger partial charge in [0.1, 0.15) is 51.6 Å². The summed E-state index contributed by atoms with van der Waals surface area (Å²) in [5, 5.41) is 11.9. The van der Waals surface area contributed by atoms with Gasteiger partial charge >= 0.3 is 5.97 Å². The number of rotatable bonds is 2. The van der Waals surface area contributed by atoms with E-state index in [0.29, 0.717) is 78.9 Å². The molecule has 6 aliphatic heterocycles. The highest BCUT2D eigenvalue weighted by Crippen LogP contribution is 2.55. The number of nitrogen functional groups attached to an aromatic ring is 2. The number of esters is 1. The van der Waals surface area contributed by atoms with Crippen molar-refractivity contribution >= 4 is 56.4 Å². The Bertz CT molecular complexity index is 2560. The molecule has 3 aromatic heterocycles. The third-order valence-electron chi connectivity index (χ3n) is 12.4. The fourth-order valence-electron chi connectivity index (χ4n) is 9.50. The Balaban J connectivity index is 1.01. The van der Waals surface area contributed by atoms with Gasteiger partial charge in [-0.25, -0.2) is 14.8 Å². The highest BCUT2D eigenvalue weighted by molar-refractivity contribution is 8.76.